The molecule has 0 spiro atoms. The maximum Gasteiger partial charge on any atom is 0.306 e. The summed E-state index contributed by atoms with van der Waals surface area (Å²) in [6.07, 6.45) is -0.533. The number of para-hydroxylation sites is 1. The minimum Gasteiger partial charge on any atom is -0.481 e. The molecule has 1 fully saturated rings. The van der Waals surface area contributed by atoms with Crippen molar-refractivity contribution < 1.29 is 24.2 Å². The van der Waals surface area contributed by atoms with Crippen LogP contribution < -0.4 is 5.32 Å². The lowest BCUT2D eigenvalue weighted by molar-refractivity contribution is -0.147. The van der Waals surface area contributed by atoms with Gasteiger partial charge in [0.2, 0.25) is 11.8 Å². The number of nitrogens with one attached hydrogen (secondary N) is 1. The minimum atomic E-state index is -0.951. The van der Waals surface area contributed by atoms with Crippen molar-refractivity contribution in [2.75, 3.05) is 25.0 Å². The number of rotatable bonds is 4. The lowest BCUT2D eigenvalue weighted by Crippen LogP contribution is -2.47. The molecule has 1 aromatic carbocycles. The first-order valence-electron chi connectivity index (χ1n) is 7.70. The Labute approximate surface area is 143 Å². The van der Waals surface area contributed by atoms with Gasteiger partial charge in [-0.2, -0.15) is 0 Å². The van der Waals surface area contributed by atoms with E-state index in [1.54, 1.807) is 4.90 Å². The molecule has 2 heterocycles. The van der Waals surface area contributed by atoms with Crippen LogP contribution in [0.4, 0.5) is 5.69 Å². The van der Waals surface area contributed by atoms with Crippen LogP contribution >= 0.6 is 11.8 Å². The summed E-state index contributed by atoms with van der Waals surface area (Å²) in [6.45, 7) is 0.988. The fourth-order valence-corrected chi connectivity index (χ4v) is 3.88. The average molecular weight is 350 g/mol. The van der Waals surface area contributed by atoms with Gasteiger partial charge in [-0.3, -0.25) is 14.4 Å². The number of carboxylic acid groups (broad SMARTS) is 1. The lowest BCUT2D eigenvalue weighted by atomic mass is 10.1. The Morgan fingerprint density at radius 3 is 2.92 bits per heavy atom. The smallest absolute Gasteiger partial charge is 0.306 e. The molecule has 8 heteroatoms. The van der Waals surface area contributed by atoms with Crippen LogP contribution in [0.5, 0.6) is 0 Å². The zero-order valence-electron chi connectivity index (χ0n) is 12.9. The van der Waals surface area contributed by atoms with Crippen molar-refractivity contribution in [2.24, 2.45) is 0 Å². The molecule has 0 saturated carbocycles. The molecule has 2 unspecified atom stereocenters. The van der Waals surface area contributed by atoms with E-state index in [0.717, 1.165) is 10.6 Å². The van der Waals surface area contributed by atoms with Crippen molar-refractivity contribution in [1.82, 2.24) is 4.90 Å². The Morgan fingerprint density at radius 2 is 2.12 bits per heavy atom. The van der Waals surface area contributed by atoms with Crippen LogP contribution in [0.3, 0.4) is 0 Å². The fourth-order valence-electron chi connectivity index (χ4n) is 2.78. The van der Waals surface area contributed by atoms with Crippen molar-refractivity contribution in [3.8, 4) is 0 Å². The van der Waals surface area contributed by atoms with Crippen molar-refractivity contribution in [1.29, 1.82) is 0 Å². The number of hydrogen-bond acceptors (Lipinski definition) is 5. The molecule has 0 aliphatic carbocycles. The van der Waals surface area contributed by atoms with Gasteiger partial charge in [0.05, 0.1) is 30.1 Å². The highest BCUT2D eigenvalue weighted by Crippen LogP contribution is 2.36. The zero-order chi connectivity index (χ0) is 17.1. The molecule has 2 N–H and O–H groups in total. The predicted molar refractivity (Wildman–Crippen MR) is 87.9 cm³/mol. The summed E-state index contributed by atoms with van der Waals surface area (Å²) in [5.74, 6) is -1.28. The summed E-state index contributed by atoms with van der Waals surface area (Å²) in [5, 5.41) is 11.2. The fraction of sp³-hybridized carbons (Fsp3) is 0.438. The van der Waals surface area contributed by atoms with Gasteiger partial charge in [0, 0.05) is 24.4 Å². The standard InChI is InChI=1S/C16H18N2O5S/c19-14(18-5-6-23-10(9-18)7-15(20)21)8-13-16(22)17-11-3-1-2-4-12(11)24-13/h1-4,10,13H,5-9H2,(H,17,22)(H,20,21). The second-order valence-corrected chi connectivity index (χ2v) is 6.97. The van der Waals surface area contributed by atoms with E-state index in [2.05, 4.69) is 5.32 Å². The van der Waals surface area contributed by atoms with Gasteiger partial charge in [-0.25, -0.2) is 0 Å². The van der Waals surface area contributed by atoms with E-state index in [9.17, 15) is 14.4 Å². The molecule has 0 bridgehead atoms. The molecule has 2 amide bonds. The molecule has 0 radical (unpaired) electrons. The van der Waals surface area contributed by atoms with Gasteiger partial charge < -0.3 is 20.1 Å². The summed E-state index contributed by atoms with van der Waals surface area (Å²) < 4.78 is 5.37. The Hall–Kier alpha value is -2.06. The number of carbonyl (C=O) groups excluding carboxylic acids is 2. The predicted octanol–water partition coefficient (Wildman–Crippen LogP) is 1.19. The maximum atomic E-state index is 12.5. The maximum absolute atomic E-state index is 12.5. The lowest BCUT2D eigenvalue weighted by Gasteiger charge is -2.33. The number of hydrogen-bond donors (Lipinski definition) is 2. The Kier molecular flexibility index (Phi) is 5.06. The van der Waals surface area contributed by atoms with Crippen molar-refractivity contribution in [3.63, 3.8) is 0 Å². The number of carbonyl (C=O) groups is 3. The average Bonchev–Trinajstić information content (AvgIpc) is 2.55. The van der Waals surface area contributed by atoms with Crippen molar-refractivity contribution >= 4 is 35.2 Å². The van der Waals surface area contributed by atoms with Crippen LogP contribution in [0.1, 0.15) is 12.8 Å². The van der Waals surface area contributed by atoms with Gasteiger partial charge in [-0.15, -0.1) is 11.8 Å². The molecule has 3 rings (SSSR count). The summed E-state index contributed by atoms with van der Waals surface area (Å²) in [4.78, 5) is 38.0. The number of anilines is 1. The normalized spacial score (nSPS) is 23.3. The molecule has 1 aromatic rings. The van der Waals surface area contributed by atoms with Gasteiger partial charge >= 0.3 is 5.97 Å². The third kappa shape index (κ3) is 3.88. The van der Waals surface area contributed by atoms with Gasteiger partial charge in [0.1, 0.15) is 0 Å². The number of thioether (sulfide) groups is 1. The molecular formula is C16H18N2O5S. The van der Waals surface area contributed by atoms with E-state index in [0.29, 0.717) is 13.2 Å². The molecule has 24 heavy (non-hydrogen) atoms. The number of amides is 2. The zero-order valence-corrected chi connectivity index (χ0v) is 13.8. The van der Waals surface area contributed by atoms with E-state index in [1.807, 2.05) is 24.3 Å². The summed E-state index contributed by atoms with van der Waals surface area (Å²) >= 11 is 1.38. The number of nitrogens with zero attached hydrogens (tertiary/aromatic N) is 1. The Bertz CT molecular complexity index is 666. The first kappa shape index (κ1) is 16.8. The summed E-state index contributed by atoms with van der Waals surface area (Å²) in [7, 11) is 0. The molecule has 1 saturated heterocycles. The van der Waals surface area contributed by atoms with Gasteiger partial charge in [-0.05, 0) is 12.1 Å². The van der Waals surface area contributed by atoms with Gasteiger partial charge in [0.15, 0.2) is 0 Å². The topological polar surface area (TPSA) is 95.9 Å². The van der Waals surface area contributed by atoms with E-state index >= 15 is 0 Å². The van der Waals surface area contributed by atoms with Crippen molar-refractivity contribution in [3.05, 3.63) is 24.3 Å². The second-order valence-electron chi connectivity index (χ2n) is 5.73. The number of aliphatic carboxylic acids is 1. The number of benzene rings is 1. The van der Waals surface area contributed by atoms with Crippen LogP contribution in [0.25, 0.3) is 0 Å². The number of morpholine rings is 1. The van der Waals surface area contributed by atoms with E-state index < -0.39 is 17.3 Å². The highest BCUT2D eigenvalue weighted by Gasteiger charge is 2.32. The minimum absolute atomic E-state index is 0.0879. The third-order valence-corrected chi connectivity index (χ3v) is 5.24. The molecule has 128 valence electrons. The number of fused-ring (bicyclic) bond motifs is 1. The van der Waals surface area contributed by atoms with Crippen LogP contribution in [-0.2, 0) is 19.1 Å². The van der Waals surface area contributed by atoms with Crippen LogP contribution in [-0.4, -0.2) is 58.8 Å². The summed E-state index contributed by atoms with van der Waals surface area (Å²) in [5.41, 5.74) is 0.768. The van der Waals surface area contributed by atoms with Gasteiger partial charge in [-0.1, -0.05) is 12.1 Å². The Morgan fingerprint density at radius 1 is 1.33 bits per heavy atom. The van der Waals surface area contributed by atoms with Crippen LogP contribution in [0.2, 0.25) is 0 Å². The SMILES string of the molecule is O=C(O)CC1CN(C(=O)CC2Sc3ccccc3NC2=O)CCO1. The van der Waals surface area contributed by atoms with E-state index in [1.165, 1.54) is 11.8 Å². The number of carboxylic acids is 1. The molecule has 2 aliphatic heterocycles. The molecular weight excluding hydrogens is 332 g/mol. The quantitative estimate of drug-likeness (QED) is 0.847. The molecule has 2 atom stereocenters. The largest absolute Gasteiger partial charge is 0.481 e. The number of ether oxygens (including phenoxy) is 1. The third-order valence-electron chi connectivity index (χ3n) is 3.96. The highest BCUT2D eigenvalue weighted by atomic mass is 32.2. The van der Waals surface area contributed by atoms with Crippen molar-refractivity contribution in [2.45, 2.75) is 29.1 Å². The monoisotopic (exact) mass is 350 g/mol. The summed E-state index contributed by atoms with van der Waals surface area (Å²) in [6, 6.07) is 7.48. The highest BCUT2D eigenvalue weighted by molar-refractivity contribution is 8.01. The first-order valence-corrected chi connectivity index (χ1v) is 8.58. The Balaban J connectivity index is 1.60. The molecule has 7 nitrogen and oxygen atoms in total. The molecule has 2 aliphatic rings. The van der Waals surface area contributed by atoms with Crippen LogP contribution in [0.15, 0.2) is 29.2 Å². The molecule has 0 aromatic heterocycles. The van der Waals surface area contributed by atoms with E-state index in [4.69, 9.17) is 9.84 Å². The van der Waals surface area contributed by atoms with Crippen LogP contribution in [0, 0.1) is 0 Å². The first-order chi connectivity index (χ1) is 11.5. The second kappa shape index (κ2) is 7.23. The van der Waals surface area contributed by atoms with Gasteiger partial charge in [0.25, 0.3) is 0 Å². The van der Waals surface area contributed by atoms with E-state index in [-0.39, 0.29) is 31.2 Å².